The summed E-state index contributed by atoms with van der Waals surface area (Å²) in [6.07, 6.45) is -1.65. The predicted molar refractivity (Wildman–Crippen MR) is 105 cm³/mol. The van der Waals surface area contributed by atoms with Gasteiger partial charge in [-0.05, 0) is 24.5 Å². The number of hydrogen-bond acceptors (Lipinski definition) is 6. The zero-order chi connectivity index (χ0) is 21.4. The van der Waals surface area contributed by atoms with Crippen LogP contribution in [0.5, 0.6) is 0 Å². The van der Waals surface area contributed by atoms with E-state index in [0.717, 1.165) is 12.1 Å². The summed E-state index contributed by atoms with van der Waals surface area (Å²) >= 11 is 0. The number of morpholine rings is 1. The lowest BCUT2D eigenvalue weighted by Crippen LogP contribution is -2.40. The molecule has 2 aromatic rings. The Labute approximate surface area is 172 Å². The van der Waals surface area contributed by atoms with Gasteiger partial charge in [-0.25, -0.2) is 13.4 Å². The minimum absolute atomic E-state index is 0.0828. The lowest BCUT2D eigenvalue weighted by molar-refractivity contribution is -0.137. The summed E-state index contributed by atoms with van der Waals surface area (Å²) in [4.78, 5) is 10.8. The maximum Gasteiger partial charge on any atom is 0.416 e. The largest absolute Gasteiger partial charge is 0.416 e. The van der Waals surface area contributed by atoms with E-state index in [0.29, 0.717) is 56.5 Å². The van der Waals surface area contributed by atoms with Crippen LogP contribution in [0.15, 0.2) is 30.5 Å². The van der Waals surface area contributed by atoms with E-state index in [9.17, 15) is 21.6 Å². The third-order valence-corrected chi connectivity index (χ3v) is 6.83. The number of aromatic nitrogens is 2. The average molecular weight is 442 g/mol. The molecule has 0 unspecified atom stereocenters. The van der Waals surface area contributed by atoms with Crippen molar-refractivity contribution < 1.29 is 26.3 Å². The van der Waals surface area contributed by atoms with Gasteiger partial charge in [-0.15, -0.1) is 0 Å². The van der Waals surface area contributed by atoms with Crippen LogP contribution in [0.2, 0.25) is 0 Å². The van der Waals surface area contributed by atoms with E-state index >= 15 is 0 Å². The van der Waals surface area contributed by atoms with E-state index in [-0.39, 0.29) is 12.1 Å². The maximum atomic E-state index is 13.1. The van der Waals surface area contributed by atoms with Gasteiger partial charge in [0.15, 0.2) is 5.82 Å². The molecule has 0 amide bonds. The molecule has 2 aliphatic rings. The minimum atomic E-state index is -4.53. The lowest BCUT2D eigenvalue weighted by atomic mass is 10.1. The normalized spacial score (nSPS) is 17.7. The van der Waals surface area contributed by atoms with Crippen LogP contribution in [0.25, 0.3) is 0 Å². The second-order valence-corrected chi connectivity index (χ2v) is 9.14. The number of aryl methyl sites for hydroxylation is 1. The Hall–Kier alpha value is -2.40. The first-order valence-electron chi connectivity index (χ1n) is 9.59. The molecule has 1 fully saturated rings. The third kappa shape index (κ3) is 4.36. The zero-order valence-electron chi connectivity index (χ0n) is 16.1. The van der Waals surface area contributed by atoms with Crippen molar-refractivity contribution in [2.24, 2.45) is 0 Å². The van der Waals surface area contributed by atoms with Gasteiger partial charge >= 0.3 is 6.18 Å². The van der Waals surface area contributed by atoms with E-state index in [1.807, 2.05) is 4.90 Å². The highest BCUT2D eigenvalue weighted by Crippen LogP contribution is 2.32. The SMILES string of the molecule is O=S(=O)(Cc1cccc(C(F)(F)F)c1)N1CCCc2cnc(N3CCOCC3)nc21. The molecule has 0 saturated carbocycles. The van der Waals surface area contributed by atoms with Gasteiger partial charge in [-0.1, -0.05) is 18.2 Å². The molecule has 30 heavy (non-hydrogen) atoms. The predicted octanol–water partition coefficient (Wildman–Crippen LogP) is 2.61. The van der Waals surface area contributed by atoms with Crippen LogP contribution < -0.4 is 9.21 Å². The molecule has 3 heterocycles. The summed E-state index contributed by atoms with van der Waals surface area (Å²) in [6, 6.07) is 4.41. The Morgan fingerprint density at radius 3 is 2.63 bits per heavy atom. The third-order valence-electron chi connectivity index (χ3n) is 5.11. The van der Waals surface area contributed by atoms with E-state index in [4.69, 9.17) is 4.74 Å². The van der Waals surface area contributed by atoms with Gasteiger partial charge in [-0.3, -0.25) is 4.31 Å². The maximum absolute atomic E-state index is 13.1. The van der Waals surface area contributed by atoms with Crippen molar-refractivity contribution in [1.29, 1.82) is 0 Å². The average Bonchev–Trinajstić information content (AvgIpc) is 2.73. The molecule has 11 heteroatoms. The number of hydrogen-bond donors (Lipinski definition) is 0. The molecule has 4 rings (SSSR count). The van der Waals surface area contributed by atoms with E-state index in [2.05, 4.69) is 9.97 Å². The zero-order valence-corrected chi connectivity index (χ0v) is 16.9. The molecule has 0 atom stereocenters. The number of anilines is 2. The van der Waals surface area contributed by atoms with E-state index in [1.54, 1.807) is 6.20 Å². The molecule has 0 N–H and O–H groups in total. The van der Waals surface area contributed by atoms with E-state index < -0.39 is 27.5 Å². The Morgan fingerprint density at radius 2 is 1.90 bits per heavy atom. The summed E-state index contributed by atoms with van der Waals surface area (Å²) < 4.78 is 71.7. The molecule has 0 radical (unpaired) electrons. The fourth-order valence-electron chi connectivity index (χ4n) is 3.61. The van der Waals surface area contributed by atoms with Crippen molar-refractivity contribution in [3.05, 3.63) is 47.2 Å². The quantitative estimate of drug-likeness (QED) is 0.725. The van der Waals surface area contributed by atoms with Crippen molar-refractivity contribution >= 4 is 21.8 Å². The number of halogens is 3. The van der Waals surface area contributed by atoms with Crippen molar-refractivity contribution in [2.45, 2.75) is 24.8 Å². The van der Waals surface area contributed by atoms with Gasteiger partial charge in [-0.2, -0.15) is 18.2 Å². The van der Waals surface area contributed by atoms with Crippen molar-refractivity contribution in [2.75, 3.05) is 42.1 Å². The number of alkyl halides is 3. The Balaban J connectivity index is 1.63. The van der Waals surface area contributed by atoms with Crippen LogP contribution >= 0.6 is 0 Å². The van der Waals surface area contributed by atoms with Gasteiger partial charge in [0.05, 0.1) is 24.5 Å². The second kappa shape index (κ2) is 8.03. The van der Waals surface area contributed by atoms with Gasteiger partial charge < -0.3 is 9.64 Å². The second-order valence-electron chi connectivity index (χ2n) is 7.25. The Bertz CT molecular complexity index is 1020. The number of benzene rings is 1. The van der Waals surface area contributed by atoms with Crippen LogP contribution in [-0.2, 0) is 33.1 Å². The smallest absolute Gasteiger partial charge is 0.378 e. The number of rotatable bonds is 4. The number of sulfonamides is 1. The summed E-state index contributed by atoms with van der Waals surface area (Å²) in [5, 5.41) is 0. The monoisotopic (exact) mass is 442 g/mol. The molecule has 1 aromatic heterocycles. The van der Waals surface area contributed by atoms with Crippen molar-refractivity contribution in [1.82, 2.24) is 9.97 Å². The summed E-state index contributed by atoms with van der Waals surface area (Å²) in [6.45, 7) is 2.52. The first-order valence-corrected chi connectivity index (χ1v) is 11.2. The fourth-order valence-corrected chi connectivity index (χ4v) is 5.20. The molecule has 2 aliphatic heterocycles. The topological polar surface area (TPSA) is 75.6 Å². The molecule has 7 nitrogen and oxygen atoms in total. The summed E-state index contributed by atoms with van der Waals surface area (Å²) in [5.74, 6) is 0.204. The number of fused-ring (bicyclic) bond motifs is 1. The Kier molecular flexibility index (Phi) is 5.58. The minimum Gasteiger partial charge on any atom is -0.378 e. The highest BCUT2D eigenvalue weighted by atomic mass is 32.2. The highest BCUT2D eigenvalue weighted by molar-refractivity contribution is 7.92. The van der Waals surface area contributed by atoms with Crippen LogP contribution in [0.3, 0.4) is 0 Å². The molecule has 0 bridgehead atoms. The Morgan fingerprint density at radius 1 is 1.13 bits per heavy atom. The van der Waals surface area contributed by atoms with Gasteiger partial charge in [0, 0.05) is 31.4 Å². The molecule has 0 aliphatic carbocycles. The highest BCUT2D eigenvalue weighted by Gasteiger charge is 2.33. The van der Waals surface area contributed by atoms with Gasteiger partial charge in [0.25, 0.3) is 0 Å². The summed E-state index contributed by atoms with van der Waals surface area (Å²) in [5.41, 5.74) is -0.0727. The van der Waals surface area contributed by atoms with Crippen LogP contribution in [-0.4, -0.2) is 51.2 Å². The first-order chi connectivity index (χ1) is 14.2. The van der Waals surface area contributed by atoms with Gasteiger partial charge in [0.1, 0.15) is 0 Å². The standard InChI is InChI=1S/C19H21F3N4O3S/c20-19(21,22)16-5-1-3-14(11-16)13-30(27,28)26-6-2-4-15-12-23-18(24-17(15)26)25-7-9-29-10-8-25/h1,3,5,11-12H,2,4,6-10,13H2. The van der Waals surface area contributed by atoms with Crippen molar-refractivity contribution in [3.63, 3.8) is 0 Å². The molecule has 1 saturated heterocycles. The van der Waals surface area contributed by atoms with Crippen LogP contribution in [0.4, 0.5) is 24.9 Å². The molecule has 1 aromatic carbocycles. The van der Waals surface area contributed by atoms with E-state index in [1.165, 1.54) is 16.4 Å². The molecule has 0 spiro atoms. The van der Waals surface area contributed by atoms with Crippen LogP contribution in [0, 0.1) is 0 Å². The number of ether oxygens (including phenoxy) is 1. The molecular weight excluding hydrogens is 421 g/mol. The molecule has 162 valence electrons. The van der Waals surface area contributed by atoms with Gasteiger partial charge in [0.2, 0.25) is 16.0 Å². The number of nitrogens with zero attached hydrogens (tertiary/aromatic N) is 4. The summed E-state index contributed by atoms with van der Waals surface area (Å²) in [7, 11) is -3.93. The fraction of sp³-hybridized carbons (Fsp3) is 0.474. The first kappa shape index (κ1) is 20.9. The lowest BCUT2D eigenvalue weighted by Gasteiger charge is -2.32. The molecular formula is C19H21F3N4O3S. The van der Waals surface area contributed by atoms with Crippen LogP contribution in [0.1, 0.15) is 23.1 Å². The van der Waals surface area contributed by atoms with Crippen molar-refractivity contribution in [3.8, 4) is 0 Å².